The Labute approximate surface area is 102 Å². The van der Waals surface area contributed by atoms with E-state index in [1.165, 1.54) is 0 Å². The molecule has 1 unspecified atom stereocenters. The fraction of sp³-hybridized carbons (Fsp3) is 0.429. The largest absolute Gasteiger partial charge is 0.366 e. The summed E-state index contributed by atoms with van der Waals surface area (Å²) in [6.45, 7) is 8.83. The summed E-state index contributed by atoms with van der Waals surface area (Å²) in [5.74, 6) is 0.915. The number of anilines is 1. The van der Waals surface area contributed by atoms with Crippen LogP contribution >= 0.6 is 0 Å². The molecule has 1 aromatic carbocycles. The lowest BCUT2D eigenvalue weighted by molar-refractivity contribution is 0.359. The van der Waals surface area contributed by atoms with E-state index in [9.17, 15) is 0 Å². The predicted octanol–water partition coefficient (Wildman–Crippen LogP) is 3.48. The number of rotatable bonds is 2. The number of hydrogen-bond donors (Lipinski definition) is 1. The molecule has 0 fully saturated rings. The molecule has 2 rings (SSSR count). The van der Waals surface area contributed by atoms with Crippen molar-refractivity contribution in [3.8, 4) is 0 Å². The van der Waals surface area contributed by atoms with Gasteiger partial charge in [-0.15, -0.1) is 0 Å². The van der Waals surface area contributed by atoms with Crippen LogP contribution in [0, 0.1) is 5.41 Å². The molecule has 90 valence electrons. The van der Waals surface area contributed by atoms with Crippen molar-refractivity contribution in [2.75, 3.05) is 5.32 Å². The molecule has 0 aliphatic heterocycles. The van der Waals surface area contributed by atoms with Crippen LogP contribution in [-0.2, 0) is 0 Å². The third-order valence-corrected chi connectivity index (χ3v) is 3.20. The van der Waals surface area contributed by atoms with Gasteiger partial charge in [0.1, 0.15) is 12.1 Å². The fourth-order valence-electron chi connectivity index (χ4n) is 1.54. The van der Waals surface area contributed by atoms with Gasteiger partial charge in [-0.3, -0.25) is 0 Å². The van der Waals surface area contributed by atoms with Gasteiger partial charge in [0.2, 0.25) is 0 Å². The van der Waals surface area contributed by atoms with Crippen LogP contribution in [0.15, 0.2) is 30.6 Å². The van der Waals surface area contributed by atoms with Crippen molar-refractivity contribution in [1.82, 2.24) is 9.97 Å². The summed E-state index contributed by atoms with van der Waals surface area (Å²) >= 11 is 0. The number of benzene rings is 1. The maximum Gasteiger partial charge on any atom is 0.137 e. The van der Waals surface area contributed by atoms with E-state index in [-0.39, 0.29) is 5.41 Å². The van der Waals surface area contributed by atoms with Crippen molar-refractivity contribution < 1.29 is 0 Å². The maximum atomic E-state index is 4.34. The Hall–Kier alpha value is -1.64. The summed E-state index contributed by atoms with van der Waals surface area (Å²) < 4.78 is 0. The second kappa shape index (κ2) is 4.32. The van der Waals surface area contributed by atoms with Crippen LogP contribution in [-0.4, -0.2) is 16.0 Å². The second-order valence-electron chi connectivity index (χ2n) is 5.47. The van der Waals surface area contributed by atoms with E-state index < -0.39 is 0 Å². The molecule has 0 aliphatic rings. The number of fused-ring (bicyclic) bond motifs is 1. The minimum Gasteiger partial charge on any atom is -0.366 e. The van der Waals surface area contributed by atoms with Crippen molar-refractivity contribution in [2.24, 2.45) is 5.41 Å². The van der Waals surface area contributed by atoms with E-state index in [4.69, 9.17) is 0 Å². The normalized spacial score (nSPS) is 13.6. The zero-order valence-corrected chi connectivity index (χ0v) is 10.9. The third-order valence-electron chi connectivity index (χ3n) is 3.20. The molecule has 0 spiro atoms. The Bertz CT molecular complexity index is 509. The average molecular weight is 229 g/mol. The summed E-state index contributed by atoms with van der Waals surface area (Å²) in [5, 5.41) is 4.55. The van der Waals surface area contributed by atoms with E-state index in [1.807, 2.05) is 24.3 Å². The molecule has 0 saturated carbocycles. The molecule has 17 heavy (non-hydrogen) atoms. The fourth-order valence-corrected chi connectivity index (χ4v) is 1.54. The van der Waals surface area contributed by atoms with Gasteiger partial charge in [0.05, 0.1) is 5.52 Å². The number of nitrogens with one attached hydrogen (secondary N) is 1. The molecule has 1 aromatic heterocycles. The lowest BCUT2D eigenvalue weighted by atomic mass is 9.88. The first-order valence-electron chi connectivity index (χ1n) is 5.95. The molecule has 1 N–H and O–H groups in total. The van der Waals surface area contributed by atoms with Gasteiger partial charge >= 0.3 is 0 Å². The molecular weight excluding hydrogens is 210 g/mol. The zero-order chi connectivity index (χ0) is 12.5. The number of nitrogens with zero attached hydrogens (tertiary/aromatic N) is 2. The topological polar surface area (TPSA) is 37.8 Å². The average Bonchev–Trinajstić information content (AvgIpc) is 2.28. The Morgan fingerprint density at radius 2 is 1.82 bits per heavy atom. The van der Waals surface area contributed by atoms with Crippen LogP contribution in [0.4, 0.5) is 5.82 Å². The van der Waals surface area contributed by atoms with Gasteiger partial charge in [-0.25, -0.2) is 9.97 Å². The number of aromatic nitrogens is 2. The van der Waals surface area contributed by atoms with Crippen molar-refractivity contribution in [3.05, 3.63) is 30.6 Å². The molecule has 0 amide bonds. The van der Waals surface area contributed by atoms with Gasteiger partial charge in [0.15, 0.2) is 0 Å². The minimum absolute atomic E-state index is 0.200. The monoisotopic (exact) mass is 229 g/mol. The molecule has 2 aromatic rings. The number of hydrogen-bond acceptors (Lipinski definition) is 3. The van der Waals surface area contributed by atoms with Gasteiger partial charge in [-0.2, -0.15) is 0 Å². The van der Waals surface area contributed by atoms with Crippen molar-refractivity contribution >= 4 is 16.7 Å². The molecule has 1 atom stereocenters. The van der Waals surface area contributed by atoms with E-state index in [0.29, 0.717) is 6.04 Å². The van der Waals surface area contributed by atoms with Crippen molar-refractivity contribution in [1.29, 1.82) is 0 Å². The van der Waals surface area contributed by atoms with Gasteiger partial charge in [-0.1, -0.05) is 32.9 Å². The summed E-state index contributed by atoms with van der Waals surface area (Å²) in [7, 11) is 0. The van der Waals surface area contributed by atoms with E-state index in [1.54, 1.807) is 6.33 Å². The highest BCUT2D eigenvalue weighted by Gasteiger charge is 2.20. The Kier molecular flexibility index (Phi) is 3.01. The molecule has 0 saturated heterocycles. The predicted molar refractivity (Wildman–Crippen MR) is 72.1 cm³/mol. The van der Waals surface area contributed by atoms with Crippen LogP contribution in [0.25, 0.3) is 10.9 Å². The van der Waals surface area contributed by atoms with Crippen molar-refractivity contribution in [3.63, 3.8) is 0 Å². The third kappa shape index (κ3) is 2.54. The summed E-state index contributed by atoms with van der Waals surface area (Å²) in [5.41, 5.74) is 1.18. The summed E-state index contributed by atoms with van der Waals surface area (Å²) in [6.07, 6.45) is 1.61. The summed E-state index contributed by atoms with van der Waals surface area (Å²) in [4.78, 5) is 8.60. The summed E-state index contributed by atoms with van der Waals surface area (Å²) in [6, 6.07) is 8.41. The highest BCUT2D eigenvalue weighted by Crippen LogP contribution is 2.25. The molecule has 3 heteroatoms. The molecule has 0 radical (unpaired) electrons. The highest BCUT2D eigenvalue weighted by atomic mass is 15.0. The van der Waals surface area contributed by atoms with Gasteiger partial charge in [-0.05, 0) is 24.5 Å². The second-order valence-corrected chi connectivity index (χ2v) is 5.47. The quantitative estimate of drug-likeness (QED) is 0.856. The lowest BCUT2D eigenvalue weighted by Gasteiger charge is -2.28. The van der Waals surface area contributed by atoms with Crippen LogP contribution in [0.1, 0.15) is 27.7 Å². The maximum absolute atomic E-state index is 4.34. The molecule has 0 aliphatic carbocycles. The van der Waals surface area contributed by atoms with E-state index >= 15 is 0 Å². The van der Waals surface area contributed by atoms with E-state index in [0.717, 1.165) is 16.7 Å². The Morgan fingerprint density at radius 3 is 2.53 bits per heavy atom. The smallest absolute Gasteiger partial charge is 0.137 e. The Morgan fingerprint density at radius 1 is 1.12 bits per heavy atom. The first-order valence-corrected chi connectivity index (χ1v) is 5.95. The standard InChI is InChI=1S/C14H19N3/c1-10(14(2,3)4)17-13-11-7-5-6-8-12(11)15-9-16-13/h5-10H,1-4H3,(H,15,16,17). The first-order chi connectivity index (χ1) is 7.98. The number of para-hydroxylation sites is 1. The minimum atomic E-state index is 0.200. The van der Waals surface area contributed by atoms with Gasteiger partial charge in [0, 0.05) is 11.4 Å². The van der Waals surface area contributed by atoms with Crippen molar-refractivity contribution in [2.45, 2.75) is 33.7 Å². The van der Waals surface area contributed by atoms with Gasteiger partial charge in [0.25, 0.3) is 0 Å². The van der Waals surface area contributed by atoms with Gasteiger partial charge < -0.3 is 5.32 Å². The van der Waals surface area contributed by atoms with Crippen LogP contribution in [0.3, 0.4) is 0 Å². The molecular formula is C14H19N3. The van der Waals surface area contributed by atoms with Crippen LogP contribution in [0.5, 0.6) is 0 Å². The lowest BCUT2D eigenvalue weighted by Crippen LogP contribution is -2.31. The highest BCUT2D eigenvalue weighted by molar-refractivity contribution is 5.88. The molecule has 0 bridgehead atoms. The Balaban J connectivity index is 2.36. The molecule has 1 heterocycles. The molecule has 3 nitrogen and oxygen atoms in total. The van der Waals surface area contributed by atoms with Crippen LogP contribution in [0.2, 0.25) is 0 Å². The van der Waals surface area contributed by atoms with E-state index in [2.05, 4.69) is 43.0 Å². The SMILES string of the molecule is CC(Nc1ncnc2ccccc12)C(C)(C)C. The van der Waals surface area contributed by atoms with Crippen LogP contribution < -0.4 is 5.32 Å². The zero-order valence-electron chi connectivity index (χ0n) is 10.9. The first kappa shape index (κ1) is 11.8.